The van der Waals surface area contributed by atoms with E-state index in [0.29, 0.717) is 18.2 Å². The summed E-state index contributed by atoms with van der Waals surface area (Å²) in [5.74, 6) is 0.733. The lowest BCUT2D eigenvalue weighted by Crippen LogP contribution is -2.78. The molecular weight excluding hydrogens is 298 g/mol. The van der Waals surface area contributed by atoms with Crippen LogP contribution in [0.3, 0.4) is 0 Å². The Bertz CT molecular complexity index is 754. The summed E-state index contributed by atoms with van der Waals surface area (Å²) in [6.45, 7) is 0.906. The molecule has 1 aromatic heterocycles. The summed E-state index contributed by atoms with van der Waals surface area (Å²) in [4.78, 5) is 15.0. The first-order chi connectivity index (χ1) is 11.7. The number of piperidine rings is 1. The fraction of sp³-hybridized carbons (Fsp3) is 0.450. The van der Waals surface area contributed by atoms with Crippen molar-refractivity contribution in [3.05, 3.63) is 59.9 Å². The fourth-order valence-electron chi connectivity index (χ4n) is 5.28. The number of likely N-dealkylation sites (tertiary alicyclic amines) is 1. The van der Waals surface area contributed by atoms with Crippen LogP contribution >= 0.6 is 0 Å². The molecule has 0 spiro atoms. The predicted octanol–water partition coefficient (Wildman–Crippen LogP) is 3.06. The van der Waals surface area contributed by atoms with Gasteiger partial charge in [-0.1, -0.05) is 30.3 Å². The highest BCUT2D eigenvalue weighted by atomic mass is 16.2. The van der Waals surface area contributed by atoms with Gasteiger partial charge in [-0.25, -0.2) is 0 Å². The molecule has 3 saturated carbocycles. The highest BCUT2D eigenvalue weighted by Crippen LogP contribution is 2.70. The lowest BCUT2D eigenvalue weighted by atomic mass is 9.37. The third kappa shape index (κ3) is 1.89. The Kier molecular flexibility index (Phi) is 2.88. The van der Waals surface area contributed by atoms with E-state index in [4.69, 9.17) is 0 Å². The van der Waals surface area contributed by atoms with Crippen molar-refractivity contribution in [1.29, 1.82) is 0 Å². The SMILES string of the molecule is O=C1CC(c2ccccc2)CCN1C12CC(c3ccnnc3)(C1)C2. The van der Waals surface area contributed by atoms with E-state index < -0.39 is 0 Å². The Morgan fingerprint density at radius 3 is 2.50 bits per heavy atom. The number of hydrogen-bond donors (Lipinski definition) is 0. The second-order valence-electron chi connectivity index (χ2n) is 7.81. The van der Waals surface area contributed by atoms with Gasteiger partial charge in [-0.15, -0.1) is 0 Å². The molecule has 1 aromatic carbocycles. The standard InChI is InChI=1S/C20H21N3O/c24-18-10-16(15-4-2-1-3-5-15)7-9-23(18)20-12-19(13-20,14-20)17-6-8-21-22-11-17/h1-6,8,11,16H,7,9-10,12-14H2. The van der Waals surface area contributed by atoms with Gasteiger partial charge < -0.3 is 4.90 Å². The summed E-state index contributed by atoms with van der Waals surface area (Å²) in [5, 5.41) is 7.90. The van der Waals surface area contributed by atoms with Crippen LogP contribution in [0.25, 0.3) is 0 Å². The summed E-state index contributed by atoms with van der Waals surface area (Å²) < 4.78 is 0. The molecule has 1 atom stereocenters. The number of nitrogens with zero attached hydrogens (tertiary/aromatic N) is 3. The summed E-state index contributed by atoms with van der Waals surface area (Å²) >= 11 is 0. The molecule has 4 fully saturated rings. The van der Waals surface area contributed by atoms with Crippen molar-refractivity contribution in [3.63, 3.8) is 0 Å². The summed E-state index contributed by atoms with van der Waals surface area (Å²) in [5.41, 5.74) is 3.02. The zero-order chi connectivity index (χ0) is 16.2. The minimum atomic E-state index is 0.141. The van der Waals surface area contributed by atoms with Crippen molar-refractivity contribution in [2.75, 3.05) is 6.54 Å². The van der Waals surface area contributed by atoms with E-state index in [0.717, 1.165) is 32.2 Å². The minimum absolute atomic E-state index is 0.141. The molecule has 2 heterocycles. The molecule has 1 unspecified atom stereocenters. The number of rotatable bonds is 3. The van der Waals surface area contributed by atoms with E-state index in [2.05, 4.69) is 45.4 Å². The number of benzene rings is 1. The van der Waals surface area contributed by atoms with Gasteiger partial charge in [0.1, 0.15) is 0 Å². The first kappa shape index (κ1) is 14.1. The quantitative estimate of drug-likeness (QED) is 0.873. The summed E-state index contributed by atoms with van der Waals surface area (Å²) in [6, 6.07) is 12.6. The van der Waals surface area contributed by atoms with Crippen LogP contribution in [0.5, 0.6) is 0 Å². The fourth-order valence-corrected chi connectivity index (χ4v) is 5.28. The number of carbonyl (C=O) groups is 1. The maximum absolute atomic E-state index is 12.8. The highest BCUT2D eigenvalue weighted by Gasteiger charge is 2.71. The van der Waals surface area contributed by atoms with Crippen LogP contribution in [-0.2, 0) is 10.2 Å². The van der Waals surface area contributed by atoms with Crippen LogP contribution in [-0.4, -0.2) is 33.1 Å². The molecule has 3 aliphatic carbocycles. The molecule has 122 valence electrons. The van der Waals surface area contributed by atoms with Crippen molar-refractivity contribution >= 4 is 5.91 Å². The van der Waals surface area contributed by atoms with Crippen molar-refractivity contribution in [2.24, 2.45) is 0 Å². The van der Waals surface area contributed by atoms with E-state index in [1.54, 1.807) is 6.20 Å². The van der Waals surface area contributed by atoms with Gasteiger partial charge in [-0.2, -0.15) is 10.2 Å². The number of aromatic nitrogens is 2. The molecule has 4 nitrogen and oxygen atoms in total. The van der Waals surface area contributed by atoms with Crippen LogP contribution in [0.15, 0.2) is 48.8 Å². The molecule has 4 aliphatic rings. The largest absolute Gasteiger partial charge is 0.337 e. The normalized spacial score (nSPS) is 34.4. The summed E-state index contributed by atoms with van der Waals surface area (Å²) in [6.07, 6.45) is 8.73. The number of hydrogen-bond acceptors (Lipinski definition) is 3. The predicted molar refractivity (Wildman–Crippen MR) is 90.4 cm³/mol. The van der Waals surface area contributed by atoms with Crippen molar-refractivity contribution in [2.45, 2.75) is 49.0 Å². The van der Waals surface area contributed by atoms with Gasteiger partial charge in [0.25, 0.3) is 0 Å². The van der Waals surface area contributed by atoms with Gasteiger partial charge in [0.2, 0.25) is 5.91 Å². The Morgan fingerprint density at radius 1 is 1.04 bits per heavy atom. The number of carbonyl (C=O) groups excluding carboxylic acids is 1. The maximum atomic E-state index is 12.8. The van der Waals surface area contributed by atoms with Crippen LogP contribution in [0, 0.1) is 0 Å². The average molecular weight is 319 g/mol. The Labute approximate surface area is 141 Å². The van der Waals surface area contributed by atoms with Crippen LogP contribution in [0.1, 0.15) is 49.1 Å². The molecular formula is C20H21N3O. The van der Waals surface area contributed by atoms with E-state index in [-0.39, 0.29) is 11.0 Å². The Morgan fingerprint density at radius 2 is 1.83 bits per heavy atom. The second kappa shape index (κ2) is 4.88. The molecule has 2 bridgehead atoms. The van der Waals surface area contributed by atoms with Crippen molar-refractivity contribution in [3.8, 4) is 0 Å². The van der Waals surface area contributed by atoms with Gasteiger partial charge in [-0.3, -0.25) is 4.79 Å². The molecule has 0 N–H and O–H groups in total. The van der Waals surface area contributed by atoms with Crippen molar-refractivity contribution in [1.82, 2.24) is 15.1 Å². The van der Waals surface area contributed by atoms with E-state index in [1.165, 1.54) is 11.1 Å². The molecule has 0 radical (unpaired) electrons. The third-order valence-electron chi connectivity index (χ3n) is 6.47. The molecule has 4 heteroatoms. The first-order valence-electron chi connectivity index (χ1n) is 8.84. The van der Waals surface area contributed by atoms with Crippen molar-refractivity contribution < 1.29 is 4.79 Å². The lowest BCUT2D eigenvalue weighted by molar-refractivity contribution is -0.189. The average Bonchev–Trinajstić information content (AvgIpc) is 2.56. The third-order valence-corrected chi connectivity index (χ3v) is 6.47. The second-order valence-corrected chi connectivity index (χ2v) is 7.81. The van der Waals surface area contributed by atoms with Crippen LogP contribution < -0.4 is 0 Å². The molecule has 1 saturated heterocycles. The highest BCUT2D eigenvalue weighted by molar-refractivity contribution is 5.80. The zero-order valence-electron chi connectivity index (χ0n) is 13.7. The molecule has 24 heavy (non-hydrogen) atoms. The first-order valence-corrected chi connectivity index (χ1v) is 8.84. The topological polar surface area (TPSA) is 46.1 Å². The molecule has 2 aromatic rings. The monoisotopic (exact) mass is 319 g/mol. The molecule has 1 aliphatic heterocycles. The van der Waals surface area contributed by atoms with Crippen LogP contribution in [0.4, 0.5) is 0 Å². The lowest BCUT2D eigenvalue weighted by Gasteiger charge is -2.74. The smallest absolute Gasteiger partial charge is 0.223 e. The Balaban J connectivity index is 1.28. The van der Waals surface area contributed by atoms with Gasteiger partial charge >= 0.3 is 0 Å². The molecule has 6 rings (SSSR count). The van der Waals surface area contributed by atoms with Gasteiger partial charge in [0.05, 0.1) is 6.20 Å². The van der Waals surface area contributed by atoms with E-state index >= 15 is 0 Å². The zero-order valence-corrected chi connectivity index (χ0v) is 13.7. The molecule has 1 amide bonds. The minimum Gasteiger partial charge on any atom is -0.337 e. The van der Waals surface area contributed by atoms with Gasteiger partial charge in [0, 0.05) is 30.1 Å². The van der Waals surface area contributed by atoms with Gasteiger partial charge in [-0.05, 0) is 48.8 Å². The maximum Gasteiger partial charge on any atom is 0.223 e. The van der Waals surface area contributed by atoms with Crippen LogP contribution in [0.2, 0.25) is 0 Å². The van der Waals surface area contributed by atoms with E-state index in [1.807, 2.05) is 12.3 Å². The number of amides is 1. The van der Waals surface area contributed by atoms with E-state index in [9.17, 15) is 4.79 Å². The Hall–Kier alpha value is -2.23. The van der Waals surface area contributed by atoms with Gasteiger partial charge in [0.15, 0.2) is 0 Å². The summed E-state index contributed by atoms with van der Waals surface area (Å²) in [7, 11) is 0.